The van der Waals surface area contributed by atoms with Crippen molar-refractivity contribution in [3.63, 3.8) is 0 Å². The first kappa shape index (κ1) is 18.7. The predicted octanol–water partition coefficient (Wildman–Crippen LogP) is 2.14. The van der Waals surface area contributed by atoms with Gasteiger partial charge in [-0.25, -0.2) is 4.98 Å². The Bertz CT molecular complexity index is 759. The van der Waals surface area contributed by atoms with Crippen molar-refractivity contribution in [3.05, 3.63) is 29.2 Å². The molecule has 0 saturated carbocycles. The van der Waals surface area contributed by atoms with Gasteiger partial charge in [-0.05, 0) is 26.0 Å². The van der Waals surface area contributed by atoms with Crippen LogP contribution in [0.2, 0.25) is 0 Å². The van der Waals surface area contributed by atoms with Gasteiger partial charge in [-0.1, -0.05) is 0 Å². The summed E-state index contributed by atoms with van der Waals surface area (Å²) in [4.78, 5) is 7.03. The lowest BCUT2D eigenvalue weighted by atomic mass is 10.1. The first-order valence-electron chi connectivity index (χ1n) is 8.79. The number of ether oxygens (including phenoxy) is 3. The molecule has 1 aliphatic rings. The van der Waals surface area contributed by atoms with Crippen LogP contribution in [0.3, 0.4) is 0 Å². The number of nitrogens with zero attached hydrogens (tertiary/aromatic N) is 2. The van der Waals surface area contributed by atoms with E-state index in [1.165, 1.54) is 0 Å². The van der Waals surface area contributed by atoms with E-state index in [9.17, 15) is 0 Å². The maximum absolute atomic E-state index is 5.95. The predicted molar refractivity (Wildman–Crippen MR) is 98.6 cm³/mol. The summed E-state index contributed by atoms with van der Waals surface area (Å²) in [5.74, 6) is 2.86. The van der Waals surface area contributed by atoms with Crippen molar-refractivity contribution in [1.29, 1.82) is 0 Å². The highest BCUT2D eigenvalue weighted by atomic mass is 16.5. The molecule has 0 aliphatic carbocycles. The number of nitrogens with two attached hydrogens (primary N) is 1. The van der Waals surface area contributed by atoms with E-state index in [-0.39, 0.29) is 6.10 Å². The zero-order valence-electron chi connectivity index (χ0n) is 15.9. The number of hydrogen-bond acceptors (Lipinski definition) is 7. The van der Waals surface area contributed by atoms with Crippen molar-refractivity contribution in [2.24, 2.45) is 5.73 Å². The smallest absolute Gasteiger partial charge is 0.230 e. The van der Waals surface area contributed by atoms with E-state index in [2.05, 4.69) is 4.90 Å². The highest BCUT2D eigenvalue weighted by molar-refractivity contribution is 5.68. The molecule has 26 heavy (non-hydrogen) atoms. The summed E-state index contributed by atoms with van der Waals surface area (Å²) in [5, 5.41) is 0. The summed E-state index contributed by atoms with van der Waals surface area (Å²) in [5.41, 5.74) is 8.39. The Balaban J connectivity index is 1.85. The van der Waals surface area contributed by atoms with Gasteiger partial charge in [-0.2, -0.15) is 0 Å². The molecule has 1 aromatic heterocycles. The second-order valence-electron chi connectivity index (χ2n) is 6.46. The second kappa shape index (κ2) is 8.07. The number of benzene rings is 1. The Morgan fingerprint density at radius 2 is 2.08 bits per heavy atom. The van der Waals surface area contributed by atoms with Crippen LogP contribution in [-0.2, 0) is 11.3 Å². The van der Waals surface area contributed by atoms with Gasteiger partial charge in [0.1, 0.15) is 17.3 Å². The molecule has 3 rings (SSSR count). The fraction of sp³-hybridized carbons (Fsp3) is 0.526. The molecule has 1 atom stereocenters. The fourth-order valence-corrected chi connectivity index (χ4v) is 3.29. The number of hydrogen-bond donors (Lipinski definition) is 1. The summed E-state index contributed by atoms with van der Waals surface area (Å²) in [7, 11) is 3.29. The minimum atomic E-state index is 0.0831. The molecule has 1 unspecified atom stereocenters. The third-order valence-electron chi connectivity index (χ3n) is 4.76. The lowest BCUT2D eigenvalue weighted by molar-refractivity contribution is -0.0264. The van der Waals surface area contributed by atoms with Gasteiger partial charge in [-0.3, -0.25) is 4.90 Å². The highest BCUT2D eigenvalue weighted by Crippen LogP contribution is 2.38. The summed E-state index contributed by atoms with van der Waals surface area (Å²) < 4.78 is 22.5. The molecule has 1 fully saturated rings. The van der Waals surface area contributed by atoms with Crippen LogP contribution in [0.15, 0.2) is 16.5 Å². The third kappa shape index (κ3) is 3.70. The standard InChI is InChI=1S/C19H27N3O4/c1-12-17(23-3)6-5-15(18(12)24-4)19-21-16(13(2)26-19)11-22-7-8-25-14(9-20)10-22/h5-6,14H,7-11,20H2,1-4H3. The molecule has 7 heteroatoms. The summed E-state index contributed by atoms with van der Waals surface area (Å²) in [6.07, 6.45) is 0.0831. The zero-order chi connectivity index (χ0) is 18.7. The average Bonchev–Trinajstić information content (AvgIpc) is 3.01. The Kier molecular flexibility index (Phi) is 5.80. The van der Waals surface area contributed by atoms with Gasteiger partial charge < -0.3 is 24.4 Å². The van der Waals surface area contributed by atoms with E-state index >= 15 is 0 Å². The van der Waals surface area contributed by atoms with Crippen LogP contribution < -0.4 is 15.2 Å². The molecule has 7 nitrogen and oxygen atoms in total. The Morgan fingerprint density at radius 1 is 1.27 bits per heavy atom. The SMILES string of the molecule is COc1ccc(-c2nc(CN3CCOC(CN)C3)c(C)o2)c(OC)c1C. The van der Waals surface area contributed by atoms with Gasteiger partial charge in [0.05, 0.1) is 38.2 Å². The molecule has 142 valence electrons. The van der Waals surface area contributed by atoms with E-state index in [1.54, 1.807) is 14.2 Å². The second-order valence-corrected chi connectivity index (χ2v) is 6.46. The van der Waals surface area contributed by atoms with Crippen molar-refractivity contribution in [3.8, 4) is 23.0 Å². The van der Waals surface area contributed by atoms with Gasteiger partial charge in [0, 0.05) is 31.7 Å². The minimum absolute atomic E-state index is 0.0831. The number of oxazole rings is 1. The molecule has 0 amide bonds. The Morgan fingerprint density at radius 3 is 2.77 bits per heavy atom. The molecule has 2 N–H and O–H groups in total. The number of rotatable bonds is 6. The normalized spacial score (nSPS) is 18.1. The van der Waals surface area contributed by atoms with E-state index in [1.807, 2.05) is 26.0 Å². The van der Waals surface area contributed by atoms with Crippen LogP contribution in [0.1, 0.15) is 17.0 Å². The van der Waals surface area contributed by atoms with Gasteiger partial charge in [0.15, 0.2) is 0 Å². The zero-order valence-corrected chi connectivity index (χ0v) is 15.9. The van der Waals surface area contributed by atoms with Crippen molar-refractivity contribution in [2.45, 2.75) is 26.5 Å². The van der Waals surface area contributed by atoms with Gasteiger partial charge >= 0.3 is 0 Å². The van der Waals surface area contributed by atoms with E-state index in [4.69, 9.17) is 29.3 Å². The monoisotopic (exact) mass is 361 g/mol. The lowest BCUT2D eigenvalue weighted by Gasteiger charge is -2.31. The topological polar surface area (TPSA) is 83.0 Å². The molecular weight excluding hydrogens is 334 g/mol. The molecular formula is C19H27N3O4. The highest BCUT2D eigenvalue weighted by Gasteiger charge is 2.23. The molecule has 2 heterocycles. The van der Waals surface area contributed by atoms with E-state index in [0.29, 0.717) is 31.3 Å². The largest absolute Gasteiger partial charge is 0.496 e. The maximum atomic E-state index is 5.95. The third-order valence-corrected chi connectivity index (χ3v) is 4.76. The van der Waals surface area contributed by atoms with Crippen LogP contribution in [0.25, 0.3) is 11.5 Å². The summed E-state index contributed by atoms with van der Waals surface area (Å²) in [6, 6.07) is 3.82. The maximum Gasteiger partial charge on any atom is 0.230 e. The fourth-order valence-electron chi connectivity index (χ4n) is 3.29. The van der Waals surface area contributed by atoms with Crippen LogP contribution in [-0.4, -0.2) is 56.4 Å². The van der Waals surface area contributed by atoms with Crippen LogP contribution >= 0.6 is 0 Å². The number of aromatic nitrogens is 1. The summed E-state index contributed by atoms with van der Waals surface area (Å²) in [6.45, 7) is 7.51. The summed E-state index contributed by atoms with van der Waals surface area (Å²) >= 11 is 0. The van der Waals surface area contributed by atoms with Crippen molar-refractivity contribution < 1.29 is 18.6 Å². The molecule has 1 aromatic carbocycles. The van der Waals surface area contributed by atoms with Gasteiger partial charge in [0.25, 0.3) is 0 Å². The molecule has 0 spiro atoms. The molecule has 1 aliphatic heterocycles. The van der Waals surface area contributed by atoms with Crippen molar-refractivity contribution in [1.82, 2.24) is 9.88 Å². The Hall–Kier alpha value is -2.09. The van der Waals surface area contributed by atoms with Crippen molar-refractivity contribution in [2.75, 3.05) is 40.5 Å². The lowest BCUT2D eigenvalue weighted by Crippen LogP contribution is -2.45. The number of morpholine rings is 1. The minimum Gasteiger partial charge on any atom is -0.496 e. The quantitative estimate of drug-likeness (QED) is 0.844. The molecule has 0 bridgehead atoms. The van der Waals surface area contributed by atoms with Crippen LogP contribution in [0, 0.1) is 13.8 Å². The first-order valence-corrected chi connectivity index (χ1v) is 8.79. The molecule has 2 aromatic rings. The molecule has 1 saturated heterocycles. The van der Waals surface area contributed by atoms with E-state index < -0.39 is 0 Å². The van der Waals surface area contributed by atoms with E-state index in [0.717, 1.165) is 41.4 Å². The average molecular weight is 361 g/mol. The first-order chi connectivity index (χ1) is 12.6. The molecule has 0 radical (unpaired) electrons. The van der Waals surface area contributed by atoms with Crippen LogP contribution in [0.5, 0.6) is 11.5 Å². The van der Waals surface area contributed by atoms with Gasteiger partial charge in [0.2, 0.25) is 5.89 Å². The van der Waals surface area contributed by atoms with Crippen molar-refractivity contribution >= 4 is 0 Å². The number of aryl methyl sites for hydroxylation is 1. The number of methoxy groups -OCH3 is 2. The van der Waals surface area contributed by atoms with Crippen LogP contribution in [0.4, 0.5) is 0 Å². The Labute approximate surface area is 154 Å². The van der Waals surface area contributed by atoms with Gasteiger partial charge in [-0.15, -0.1) is 0 Å².